The molecule has 0 unspecified atom stereocenters. The monoisotopic (exact) mass is 318 g/mol. The highest BCUT2D eigenvalue weighted by Gasteiger charge is 2.35. The number of carbonyl (C=O) groups excluding carboxylic acids is 2. The second-order valence-electron chi connectivity index (χ2n) is 4.84. The summed E-state index contributed by atoms with van der Waals surface area (Å²) in [6.45, 7) is 0. The number of nitrogens with zero attached hydrogens (tertiary/aromatic N) is 2. The first-order valence-corrected chi connectivity index (χ1v) is 6.57. The molecule has 7 heteroatoms. The minimum atomic E-state index is -4.47. The van der Waals surface area contributed by atoms with E-state index in [-0.39, 0.29) is 16.7 Å². The highest BCUT2D eigenvalue weighted by atomic mass is 19.4. The normalized spacial score (nSPS) is 14.7. The van der Waals surface area contributed by atoms with Crippen molar-refractivity contribution in [1.29, 1.82) is 0 Å². The number of hydrogen-bond acceptors (Lipinski definition) is 3. The zero-order valence-electron chi connectivity index (χ0n) is 11.5. The fraction of sp³-hybridized carbons (Fsp3) is 0.0625. The quantitative estimate of drug-likeness (QED) is 0.630. The summed E-state index contributed by atoms with van der Waals surface area (Å²) in [4.78, 5) is 24.1. The van der Waals surface area contributed by atoms with Gasteiger partial charge in [-0.15, -0.1) is 0 Å². The van der Waals surface area contributed by atoms with Gasteiger partial charge < -0.3 is 0 Å². The van der Waals surface area contributed by atoms with Gasteiger partial charge in [0.15, 0.2) is 0 Å². The van der Waals surface area contributed by atoms with Crippen LogP contribution >= 0.6 is 0 Å². The number of hydrogen-bond donors (Lipinski definition) is 0. The van der Waals surface area contributed by atoms with Crippen LogP contribution < -0.4 is 0 Å². The van der Waals surface area contributed by atoms with Crippen molar-refractivity contribution in [2.75, 3.05) is 0 Å². The molecule has 2 aromatic carbocycles. The van der Waals surface area contributed by atoms with Crippen molar-refractivity contribution < 1.29 is 22.8 Å². The minimum absolute atomic E-state index is 0.136. The summed E-state index contributed by atoms with van der Waals surface area (Å²) in [6, 6.07) is 10.7. The highest BCUT2D eigenvalue weighted by Crippen LogP contribution is 2.29. The first kappa shape index (κ1) is 15.0. The van der Waals surface area contributed by atoms with Crippen LogP contribution in [0.5, 0.6) is 0 Å². The molecule has 0 aromatic heterocycles. The molecular formula is C16H9F3N2O2. The number of carbonyl (C=O) groups is 2. The van der Waals surface area contributed by atoms with E-state index in [4.69, 9.17) is 0 Å². The molecule has 2 amide bonds. The van der Waals surface area contributed by atoms with Gasteiger partial charge in [0.2, 0.25) is 0 Å². The van der Waals surface area contributed by atoms with Gasteiger partial charge in [-0.3, -0.25) is 9.59 Å². The van der Waals surface area contributed by atoms with Gasteiger partial charge in [0.25, 0.3) is 11.8 Å². The van der Waals surface area contributed by atoms with Gasteiger partial charge in [-0.25, -0.2) is 0 Å². The summed E-state index contributed by atoms with van der Waals surface area (Å²) < 4.78 is 37.9. The first-order valence-electron chi connectivity index (χ1n) is 6.57. The molecule has 0 saturated heterocycles. The predicted molar refractivity (Wildman–Crippen MR) is 76.0 cm³/mol. The Morgan fingerprint density at radius 3 is 2.09 bits per heavy atom. The molecule has 23 heavy (non-hydrogen) atoms. The maximum atomic E-state index is 12.6. The lowest BCUT2D eigenvalue weighted by Gasteiger charge is -2.08. The van der Waals surface area contributed by atoms with E-state index in [9.17, 15) is 22.8 Å². The molecule has 1 heterocycles. The molecule has 0 N–H and O–H groups in total. The Morgan fingerprint density at radius 1 is 0.913 bits per heavy atom. The Labute approximate surface area is 128 Å². The lowest BCUT2D eigenvalue weighted by molar-refractivity contribution is -0.137. The van der Waals surface area contributed by atoms with Gasteiger partial charge in [0.1, 0.15) is 0 Å². The van der Waals surface area contributed by atoms with Crippen LogP contribution in [0, 0.1) is 0 Å². The number of halogens is 3. The number of hydrazone groups is 1. The van der Waals surface area contributed by atoms with Gasteiger partial charge in [-0.1, -0.05) is 24.3 Å². The maximum Gasteiger partial charge on any atom is 0.416 e. The van der Waals surface area contributed by atoms with Crippen LogP contribution in [0.25, 0.3) is 0 Å². The van der Waals surface area contributed by atoms with E-state index in [1.807, 2.05) is 0 Å². The van der Waals surface area contributed by atoms with Crippen molar-refractivity contribution in [2.45, 2.75) is 6.18 Å². The fourth-order valence-electron chi connectivity index (χ4n) is 2.20. The second kappa shape index (κ2) is 5.35. The molecular weight excluding hydrogens is 309 g/mol. The zero-order valence-corrected chi connectivity index (χ0v) is 11.5. The Bertz CT molecular complexity index is 793. The van der Waals surface area contributed by atoms with Gasteiger partial charge in [0, 0.05) is 0 Å². The summed E-state index contributed by atoms with van der Waals surface area (Å²) in [7, 11) is 0. The molecule has 0 saturated carbocycles. The summed E-state index contributed by atoms with van der Waals surface area (Å²) in [5.41, 5.74) is -0.252. The average Bonchev–Trinajstić information content (AvgIpc) is 2.77. The second-order valence-corrected chi connectivity index (χ2v) is 4.84. The number of amides is 2. The summed E-state index contributed by atoms with van der Waals surface area (Å²) in [5.74, 6) is -1.21. The predicted octanol–water partition coefficient (Wildman–Crippen LogP) is 3.34. The first-order chi connectivity index (χ1) is 10.9. The molecule has 116 valence electrons. The van der Waals surface area contributed by atoms with E-state index in [0.29, 0.717) is 5.01 Å². The molecule has 3 rings (SSSR count). The molecule has 1 aliphatic heterocycles. The zero-order chi connectivity index (χ0) is 16.6. The van der Waals surface area contributed by atoms with Crippen LogP contribution in [0.15, 0.2) is 53.6 Å². The standard InChI is InChI=1S/C16H9F3N2O2/c17-16(18,19)11-5-3-4-10(8-11)9-20-21-14(22)12-6-1-2-7-13(12)15(21)23/h1-9H/b20-9+. The Hall–Kier alpha value is -2.96. The van der Waals surface area contributed by atoms with Crippen molar-refractivity contribution in [1.82, 2.24) is 5.01 Å². The van der Waals surface area contributed by atoms with Crippen LogP contribution in [-0.4, -0.2) is 23.0 Å². The molecule has 1 aliphatic rings. The molecule has 0 radical (unpaired) electrons. The average molecular weight is 318 g/mol. The van der Waals surface area contributed by atoms with Gasteiger partial charge in [0.05, 0.1) is 22.9 Å². The van der Waals surface area contributed by atoms with Crippen LogP contribution in [-0.2, 0) is 6.18 Å². The van der Waals surface area contributed by atoms with Crippen molar-refractivity contribution in [3.05, 3.63) is 70.8 Å². The SMILES string of the molecule is O=C1c2ccccc2C(=O)N1/N=C/c1cccc(C(F)(F)F)c1. The lowest BCUT2D eigenvalue weighted by Crippen LogP contribution is -2.24. The van der Waals surface area contributed by atoms with E-state index < -0.39 is 23.6 Å². The number of benzene rings is 2. The molecule has 0 fully saturated rings. The smallest absolute Gasteiger partial charge is 0.267 e. The van der Waals surface area contributed by atoms with E-state index in [2.05, 4.69) is 5.10 Å². The number of rotatable bonds is 2. The van der Waals surface area contributed by atoms with Crippen molar-refractivity contribution in [3.63, 3.8) is 0 Å². The van der Waals surface area contributed by atoms with E-state index in [1.54, 1.807) is 12.1 Å². The fourth-order valence-corrected chi connectivity index (χ4v) is 2.20. The third kappa shape index (κ3) is 2.73. The third-order valence-corrected chi connectivity index (χ3v) is 3.31. The molecule has 0 aliphatic carbocycles. The maximum absolute atomic E-state index is 12.6. The summed E-state index contributed by atoms with van der Waals surface area (Å²) >= 11 is 0. The molecule has 0 spiro atoms. The van der Waals surface area contributed by atoms with Gasteiger partial charge in [-0.05, 0) is 29.8 Å². The lowest BCUT2D eigenvalue weighted by atomic mass is 10.1. The number of alkyl halides is 3. The van der Waals surface area contributed by atoms with E-state index in [1.165, 1.54) is 24.3 Å². The molecule has 0 atom stereocenters. The van der Waals surface area contributed by atoms with Gasteiger partial charge >= 0.3 is 6.18 Å². The van der Waals surface area contributed by atoms with E-state index >= 15 is 0 Å². The van der Waals surface area contributed by atoms with Crippen molar-refractivity contribution in [2.24, 2.45) is 5.10 Å². The van der Waals surface area contributed by atoms with E-state index in [0.717, 1.165) is 18.3 Å². The molecule has 0 bridgehead atoms. The third-order valence-electron chi connectivity index (χ3n) is 3.31. The molecule has 2 aromatic rings. The minimum Gasteiger partial charge on any atom is -0.267 e. The van der Waals surface area contributed by atoms with Crippen LogP contribution in [0.4, 0.5) is 13.2 Å². The van der Waals surface area contributed by atoms with Gasteiger partial charge in [-0.2, -0.15) is 23.3 Å². The number of imide groups is 1. The number of fused-ring (bicyclic) bond motifs is 1. The van der Waals surface area contributed by atoms with Crippen molar-refractivity contribution >= 4 is 18.0 Å². The largest absolute Gasteiger partial charge is 0.416 e. The Kier molecular flexibility index (Phi) is 3.48. The van der Waals surface area contributed by atoms with Crippen molar-refractivity contribution in [3.8, 4) is 0 Å². The summed E-state index contributed by atoms with van der Waals surface area (Å²) in [6.07, 6.45) is -3.42. The molecule has 4 nitrogen and oxygen atoms in total. The Morgan fingerprint density at radius 2 is 1.52 bits per heavy atom. The Balaban J connectivity index is 1.88. The summed E-state index contributed by atoms with van der Waals surface area (Å²) in [5, 5.41) is 4.38. The van der Waals surface area contributed by atoms with Crippen LogP contribution in [0.3, 0.4) is 0 Å². The van der Waals surface area contributed by atoms with Crippen LogP contribution in [0.1, 0.15) is 31.8 Å². The topological polar surface area (TPSA) is 49.7 Å². The highest BCUT2D eigenvalue weighted by molar-refractivity contribution is 6.21. The van der Waals surface area contributed by atoms with Crippen LogP contribution in [0.2, 0.25) is 0 Å².